The van der Waals surface area contributed by atoms with Crippen molar-refractivity contribution in [2.75, 3.05) is 11.4 Å². The van der Waals surface area contributed by atoms with Crippen LogP contribution in [0.2, 0.25) is 0 Å². The zero-order valence-corrected chi connectivity index (χ0v) is 12.6. The molecule has 3 rings (SSSR count). The van der Waals surface area contributed by atoms with Gasteiger partial charge in [-0.1, -0.05) is 17.3 Å². The summed E-state index contributed by atoms with van der Waals surface area (Å²) in [6.45, 7) is 0.430. The minimum Gasteiger partial charge on any atom is -0.339 e. The number of aryl methyl sites for hydroxylation is 1. The molecular formula is C15H16FN5O2. The fourth-order valence-corrected chi connectivity index (χ4v) is 2.65. The van der Waals surface area contributed by atoms with Crippen molar-refractivity contribution in [3.8, 4) is 0 Å². The zero-order chi connectivity index (χ0) is 16.4. The highest BCUT2D eigenvalue weighted by Crippen LogP contribution is 2.24. The molecule has 2 amide bonds. The smallest absolute Gasteiger partial charge is 0.271 e. The van der Waals surface area contributed by atoms with Gasteiger partial charge in [0, 0.05) is 13.6 Å². The van der Waals surface area contributed by atoms with Crippen LogP contribution in [0.15, 0.2) is 30.5 Å². The van der Waals surface area contributed by atoms with Crippen LogP contribution < -0.4 is 10.2 Å². The van der Waals surface area contributed by atoms with Gasteiger partial charge in [0.05, 0.1) is 11.9 Å². The molecule has 1 N–H and O–H groups in total. The Kier molecular flexibility index (Phi) is 4.05. The Hall–Kier alpha value is -2.77. The van der Waals surface area contributed by atoms with E-state index in [4.69, 9.17) is 0 Å². The molecule has 0 unspecified atom stereocenters. The van der Waals surface area contributed by atoms with E-state index in [1.807, 2.05) is 0 Å². The molecule has 8 heteroatoms. The standard InChI is InChI=1S/C15H16FN5O2/c1-20-13(9-17-19-20)14(22)18-11-6-4-8-21(15(11)23)12-7-3-2-5-10(12)16/h2-3,5,7,9,11H,4,6,8H2,1H3,(H,18,22)/t11-/m1/s1. The van der Waals surface area contributed by atoms with Crippen molar-refractivity contribution >= 4 is 17.5 Å². The number of rotatable bonds is 3. The predicted octanol–water partition coefficient (Wildman–Crippen LogP) is 0.880. The highest BCUT2D eigenvalue weighted by atomic mass is 19.1. The number of benzene rings is 1. The molecule has 0 radical (unpaired) electrons. The third-order valence-electron chi connectivity index (χ3n) is 3.83. The first-order valence-electron chi connectivity index (χ1n) is 7.29. The van der Waals surface area contributed by atoms with Gasteiger partial charge in [-0.3, -0.25) is 9.59 Å². The van der Waals surface area contributed by atoms with Gasteiger partial charge in [-0.2, -0.15) is 0 Å². The molecule has 1 aromatic carbocycles. The summed E-state index contributed by atoms with van der Waals surface area (Å²) in [5, 5.41) is 10.00. The van der Waals surface area contributed by atoms with Crippen molar-refractivity contribution in [1.82, 2.24) is 20.3 Å². The van der Waals surface area contributed by atoms with E-state index < -0.39 is 17.8 Å². The van der Waals surface area contributed by atoms with E-state index in [1.165, 1.54) is 21.8 Å². The molecule has 1 aromatic heterocycles. The maximum Gasteiger partial charge on any atom is 0.271 e. The van der Waals surface area contributed by atoms with E-state index in [9.17, 15) is 14.0 Å². The second-order valence-electron chi connectivity index (χ2n) is 5.35. The number of carbonyl (C=O) groups excluding carboxylic acids is 2. The highest BCUT2D eigenvalue weighted by molar-refractivity contribution is 6.02. The average Bonchev–Trinajstić information content (AvgIpc) is 2.96. The molecule has 120 valence electrons. The molecule has 0 spiro atoms. The number of piperidine rings is 1. The summed E-state index contributed by atoms with van der Waals surface area (Å²) >= 11 is 0. The molecule has 1 aliphatic heterocycles. The summed E-state index contributed by atoms with van der Waals surface area (Å²) in [6, 6.07) is 5.43. The number of hydrogen-bond acceptors (Lipinski definition) is 4. The molecule has 0 aliphatic carbocycles. The molecule has 7 nitrogen and oxygen atoms in total. The highest BCUT2D eigenvalue weighted by Gasteiger charge is 2.32. The summed E-state index contributed by atoms with van der Waals surface area (Å²) in [7, 11) is 1.59. The second-order valence-corrected chi connectivity index (χ2v) is 5.35. The van der Waals surface area contributed by atoms with E-state index in [-0.39, 0.29) is 17.3 Å². The van der Waals surface area contributed by atoms with Crippen LogP contribution >= 0.6 is 0 Å². The van der Waals surface area contributed by atoms with Crippen LogP contribution in [0.1, 0.15) is 23.3 Å². The summed E-state index contributed by atoms with van der Waals surface area (Å²) in [5.74, 6) is -1.19. The van der Waals surface area contributed by atoms with Gasteiger partial charge >= 0.3 is 0 Å². The van der Waals surface area contributed by atoms with Crippen molar-refractivity contribution < 1.29 is 14.0 Å². The molecule has 23 heavy (non-hydrogen) atoms. The first-order chi connectivity index (χ1) is 11.1. The Morgan fingerprint density at radius 1 is 1.39 bits per heavy atom. The van der Waals surface area contributed by atoms with Crippen molar-refractivity contribution in [2.24, 2.45) is 7.05 Å². The lowest BCUT2D eigenvalue weighted by molar-refractivity contribution is -0.121. The van der Waals surface area contributed by atoms with Gasteiger partial charge < -0.3 is 10.2 Å². The largest absolute Gasteiger partial charge is 0.339 e. The molecule has 0 saturated carbocycles. The lowest BCUT2D eigenvalue weighted by Gasteiger charge is -2.32. The van der Waals surface area contributed by atoms with Crippen LogP contribution in [0, 0.1) is 5.82 Å². The molecule has 1 atom stereocenters. The van der Waals surface area contributed by atoms with Gasteiger partial charge in [-0.05, 0) is 25.0 Å². The molecule has 0 bridgehead atoms. The van der Waals surface area contributed by atoms with E-state index >= 15 is 0 Å². The number of para-hydroxylation sites is 1. The van der Waals surface area contributed by atoms with Gasteiger partial charge in [-0.25, -0.2) is 9.07 Å². The van der Waals surface area contributed by atoms with Gasteiger partial charge in [0.1, 0.15) is 17.6 Å². The lowest BCUT2D eigenvalue weighted by atomic mass is 10.0. The summed E-state index contributed by atoms with van der Waals surface area (Å²) < 4.78 is 15.2. The van der Waals surface area contributed by atoms with Crippen molar-refractivity contribution in [3.63, 3.8) is 0 Å². The van der Waals surface area contributed by atoms with Crippen molar-refractivity contribution in [3.05, 3.63) is 42.0 Å². The monoisotopic (exact) mass is 317 g/mol. The van der Waals surface area contributed by atoms with E-state index in [2.05, 4.69) is 15.6 Å². The van der Waals surface area contributed by atoms with Crippen LogP contribution in [0.4, 0.5) is 10.1 Å². The van der Waals surface area contributed by atoms with Gasteiger partial charge in [0.2, 0.25) is 5.91 Å². The topological polar surface area (TPSA) is 80.1 Å². The van der Waals surface area contributed by atoms with Gasteiger partial charge in [0.25, 0.3) is 5.91 Å². The zero-order valence-electron chi connectivity index (χ0n) is 12.6. The number of hydrogen-bond donors (Lipinski definition) is 1. The number of nitrogens with zero attached hydrogens (tertiary/aromatic N) is 4. The van der Waals surface area contributed by atoms with Crippen LogP contribution in [0.3, 0.4) is 0 Å². The molecular weight excluding hydrogens is 301 g/mol. The van der Waals surface area contributed by atoms with Crippen molar-refractivity contribution in [1.29, 1.82) is 0 Å². The predicted molar refractivity (Wildman–Crippen MR) is 80.2 cm³/mol. The number of aromatic nitrogens is 3. The third-order valence-corrected chi connectivity index (χ3v) is 3.83. The number of carbonyl (C=O) groups is 2. The van der Waals surface area contributed by atoms with Crippen LogP contribution in [-0.2, 0) is 11.8 Å². The first kappa shape index (κ1) is 15.1. The van der Waals surface area contributed by atoms with E-state index in [0.29, 0.717) is 19.4 Å². The Labute approximate surface area is 132 Å². The normalized spacial score (nSPS) is 18.1. The summed E-state index contributed by atoms with van der Waals surface area (Å²) in [5.41, 5.74) is 0.500. The maximum absolute atomic E-state index is 13.9. The fraction of sp³-hybridized carbons (Fsp3) is 0.333. The third kappa shape index (κ3) is 2.92. The Morgan fingerprint density at radius 3 is 2.87 bits per heavy atom. The second kappa shape index (κ2) is 6.15. The van der Waals surface area contributed by atoms with Gasteiger partial charge in [-0.15, -0.1) is 5.10 Å². The van der Waals surface area contributed by atoms with Crippen LogP contribution in [-0.4, -0.2) is 39.4 Å². The quantitative estimate of drug-likeness (QED) is 0.911. The molecule has 1 fully saturated rings. The molecule has 2 heterocycles. The first-order valence-corrected chi connectivity index (χ1v) is 7.29. The van der Waals surface area contributed by atoms with Crippen LogP contribution in [0.5, 0.6) is 0 Å². The van der Waals surface area contributed by atoms with E-state index in [1.54, 1.807) is 25.2 Å². The number of nitrogens with one attached hydrogen (secondary N) is 1. The fourth-order valence-electron chi connectivity index (χ4n) is 2.65. The summed E-state index contributed by atoms with van der Waals surface area (Å²) in [6.07, 6.45) is 2.52. The SMILES string of the molecule is Cn1nncc1C(=O)N[C@@H]1CCCN(c2ccccc2F)C1=O. The summed E-state index contributed by atoms with van der Waals surface area (Å²) in [4.78, 5) is 26.1. The number of halogens is 1. The Balaban J connectivity index is 1.77. The average molecular weight is 317 g/mol. The number of anilines is 1. The minimum atomic E-state index is -0.689. The van der Waals surface area contributed by atoms with E-state index in [0.717, 1.165) is 0 Å². The Morgan fingerprint density at radius 2 is 2.17 bits per heavy atom. The maximum atomic E-state index is 13.9. The lowest BCUT2D eigenvalue weighted by Crippen LogP contribution is -2.52. The molecule has 1 aliphatic rings. The van der Waals surface area contributed by atoms with Crippen molar-refractivity contribution in [2.45, 2.75) is 18.9 Å². The van der Waals surface area contributed by atoms with Gasteiger partial charge in [0.15, 0.2) is 0 Å². The Bertz CT molecular complexity index is 745. The number of amides is 2. The minimum absolute atomic E-state index is 0.235. The molecule has 1 saturated heterocycles. The molecule has 2 aromatic rings. The van der Waals surface area contributed by atoms with Crippen LogP contribution in [0.25, 0.3) is 0 Å².